The van der Waals surface area contributed by atoms with E-state index in [9.17, 15) is 8.42 Å². The van der Waals surface area contributed by atoms with Gasteiger partial charge in [-0.3, -0.25) is 0 Å². The zero-order valence-corrected chi connectivity index (χ0v) is 9.11. The fourth-order valence-electron chi connectivity index (χ4n) is 1.12. The smallest absolute Gasteiger partial charge is 0.199 e. The molecule has 1 heterocycles. The summed E-state index contributed by atoms with van der Waals surface area (Å²) in [6.45, 7) is 0. The highest BCUT2D eigenvalue weighted by atomic mass is 35.5. The van der Waals surface area contributed by atoms with Crippen LogP contribution in [-0.2, 0) is 10.0 Å². The monoisotopic (exact) mass is 242 g/mol. The van der Waals surface area contributed by atoms with E-state index in [1.54, 1.807) is 18.2 Å². The molecule has 0 amide bonds. The van der Waals surface area contributed by atoms with Crippen molar-refractivity contribution in [3.05, 3.63) is 47.7 Å². The van der Waals surface area contributed by atoms with Crippen LogP contribution in [0.1, 0.15) is 0 Å². The van der Waals surface area contributed by atoms with E-state index in [0.29, 0.717) is 0 Å². The van der Waals surface area contributed by atoms with E-state index in [0.717, 1.165) is 4.09 Å². The molecule has 2 rings (SSSR count). The Morgan fingerprint density at radius 1 is 1.20 bits per heavy atom. The second kappa shape index (κ2) is 3.67. The molecule has 15 heavy (non-hydrogen) atoms. The van der Waals surface area contributed by atoms with Gasteiger partial charge in [-0.15, -0.1) is 0 Å². The third kappa shape index (κ3) is 1.88. The lowest BCUT2D eigenvalue weighted by atomic mass is 10.4. The van der Waals surface area contributed by atoms with Crippen molar-refractivity contribution >= 4 is 21.6 Å². The molecule has 0 spiro atoms. The van der Waals surface area contributed by atoms with Gasteiger partial charge in [0.2, 0.25) is 0 Å². The minimum Gasteiger partial charge on any atom is -0.199 e. The van der Waals surface area contributed by atoms with E-state index in [1.165, 1.54) is 24.5 Å². The quantitative estimate of drug-likeness (QED) is 0.807. The second-order valence-corrected chi connectivity index (χ2v) is 5.08. The summed E-state index contributed by atoms with van der Waals surface area (Å²) in [6, 6.07) is 8.06. The predicted octanol–water partition coefficient (Wildman–Crippen LogP) is 1.77. The van der Waals surface area contributed by atoms with Gasteiger partial charge in [-0.05, 0) is 12.1 Å². The predicted molar refractivity (Wildman–Crippen MR) is 56.3 cm³/mol. The lowest BCUT2D eigenvalue weighted by Gasteiger charge is -2.02. The molecule has 0 saturated carbocycles. The number of nitrogens with zero attached hydrogens (tertiary/aromatic N) is 2. The van der Waals surface area contributed by atoms with Crippen LogP contribution in [0, 0.1) is 0 Å². The Hall–Kier alpha value is -1.33. The van der Waals surface area contributed by atoms with E-state index >= 15 is 0 Å². The number of hydrogen-bond acceptors (Lipinski definition) is 3. The molecule has 0 aliphatic rings. The van der Waals surface area contributed by atoms with Crippen LogP contribution in [0.25, 0.3) is 0 Å². The zero-order chi connectivity index (χ0) is 10.9. The van der Waals surface area contributed by atoms with Gasteiger partial charge in [0.15, 0.2) is 0 Å². The van der Waals surface area contributed by atoms with Gasteiger partial charge >= 0.3 is 0 Å². The Labute approximate surface area is 92.2 Å². The van der Waals surface area contributed by atoms with E-state index < -0.39 is 10.0 Å². The Bertz CT molecular complexity index is 563. The lowest BCUT2D eigenvalue weighted by Crippen LogP contribution is -2.13. The highest BCUT2D eigenvalue weighted by molar-refractivity contribution is 7.89. The van der Waals surface area contributed by atoms with Gasteiger partial charge in [-0.1, -0.05) is 29.8 Å². The molecule has 0 atom stereocenters. The average molecular weight is 243 g/mol. The van der Waals surface area contributed by atoms with Gasteiger partial charge in [-0.2, -0.15) is 17.6 Å². The maximum atomic E-state index is 11.9. The third-order valence-corrected chi connectivity index (χ3v) is 3.57. The molecule has 0 aliphatic heterocycles. The van der Waals surface area contributed by atoms with Crippen LogP contribution in [0.2, 0.25) is 5.02 Å². The molecule has 0 unspecified atom stereocenters. The SMILES string of the molecule is O=S(=O)(c1ccccc1)n1cc(Cl)cn1. The minimum absolute atomic E-state index is 0.185. The summed E-state index contributed by atoms with van der Waals surface area (Å²) < 4.78 is 24.6. The van der Waals surface area contributed by atoms with Gasteiger partial charge in [0, 0.05) is 0 Å². The fourth-order valence-corrected chi connectivity index (χ4v) is 2.45. The van der Waals surface area contributed by atoms with Crippen molar-refractivity contribution in [3.63, 3.8) is 0 Å². The first-order valence-corrected chi connectivity index (χ1v) is 5.93. The van der Waals surface area contributed by atoms with Crippen LogP contribution in [0.4, 0.5) is 0 Å². The summed E-state index contributed by atoms with van der Waals surface area (Å²) in [5.41, 5.74) is 0. The first-order chi connectivity index (χ1) is 7.10. The van der Waals surface area contributed by atoms with Gasteiger partial charge in [0.1, 0.15) is 0 Å². The summed E-state index contributed by atoms with van der Waals surface area (Å²) in [7, 11) is -3.60. The Morgan fingerprint density at radius 3 is 2.40 bits per heavy atom. The number of aromatic nitrogens is 2. The second-order valence-electron chi connectivity index (χ2n) is 2.85. The van der Waals surface area contributed by atoms with Crippen LogP contribution in [0.3, 0.4) is 0 Å². The molecule has 4 nitrogen and oxygen atoms in total. The normalized spacial score (nSPS) is 11.5. The van der Waals surface area contributed by atoms with Crippen molar-refractivity contribution in [2.24, 2.45) is 0 Å². The molecule has 0 bridgehead atoms. The number of hydrogen-bond donors (Lipinski definition) is 0. The molecule has 1 aromatic carbocycles. The molecule has 2 aromatic rings. The van der Waals surface area contributed by atoms with Crippen LogP contribution in [0.5, 0.6) is 0 Å². The molecule has 0 N–H and O–H groups in total. The summed E-state index contributed by atoms with van der Waals surface area (Å²) in [5, 5.41) is 3.95. The molecule has 0 aliphatic carbocycles. The molecular weight excluding hydrogens is 236 g/mol. The van der Waals surface area contributed by atoms with Crippen LogP contribution >= 0.6 is 11.6 Å². The number of benzene rings is 1. The van der Waals surface area contributed by atoms with Crippen LogP contribution in [0.15, 0.2) is 47.6 Å². The topological polar surface area (TPSA) is 52.0 Å². The first kappa shape index (κ1) is 10.2. The van der Waals surface area contributed by atoms with E-state index in [4.69, 9.17) is 11.6 Å². The Morgan fingerprint density at radius 2 is 1.87 bits per heavy atom. The van der Waals surface area contributed by atoms with Gasteiger partial charge in [0.05, 0.1) is 22.3 Å². The molecule has 0 fully saturated rings. The Balaban J connectivity index is 2.54. The summed E-state index contributed by atoms with van der Waals surface area (Å²) in [4.78, 5) is 0.185. The van der Waals surface area contributed by atoms with Gasteiger partial charge in [0.25, 0.3) is 10.0 Å². The third-order valence-electron chi connectivity index (χ3n) is 1.82. The van der Waals surface area contributed by atoms with Crippen molar-refractivity contribution in [2.75, 3.05) is 0 Å². The number of halogens is 1. The van der Waals surface area contributed by atoms with Crippen molar-refractivity contribution in [1.29, 1.82) is 0 Å². The molecule has 1 aromatic heterocycles. The first-order valence-electron chi connectivity index (χ1n) is 4.11. The average Bonchev–Trinajstić information content (AvgIpc) is 2.67. The van der Waals surface area contributed by atoms with E-state index in [2.05, 4.69) is 5.10 Å². The van der Waals surface area contributed by atoms with E-state index in [-0.39, 0.29) is 9.92 Å². The molecule has 0 radical (unpaired) electrons. The van der Waals surface area contributed by atoms with E-state index in [1.807, 2.05) is 0 Å². The number of rotatable bonds is 2. The fraction of sp³-hybridized carbons (Fsp3) is 0. The zero-order valence-electron chi connectivity index (χ0n) is 7.54. The molecule has 6 heteroatoms. The standard InChI is InChI=1S/C9H7ClN2O2S/c10-8-6-11-12(7-8)15(13,14)9-4-2-1-3-5-9/h1-7H. The summed E-state index contributed by atoms with van der Waals surface area (Å²) in [6.07, 6.45) is 2.53. The van der Waals surface area contributed by atoms with Crippen molar-refractivity contribution in [3.8, 4) is 0 Å². The maximum Gasteiger partial charge on any atom is 0.282 e. The minimum atomic E-state index is -3.60. The van der Waals surface area contributed by atoms with Crippen molar-refractivity contribution in [1.82, 2.24) is 9.19 Å². The molecule has 78 valence electrons. The summed E-state index contributed by atoms with van der Waals surface area (Å²) in [5.74, 6) is 0. The van der Waals surface area contributed by atoms with Crippen LogP contribution < -0.4 is 0 Å². The highest BCUT2D eigenvalue weighted by Crippen LogP contribution is 2.14. The van der Waals surface area contributed by atoms with Gasteiger partial charge < -0.3 is 0 Å². The van der Waals surface area contributed by atoms with Gasteiger partial charge in [-0.25, -0.2) is 0 Å². The maximum absolute atomic E-state index is 11.9. The van der Waals surface area contributed by atoms with Crippen molar-refractivity contribution < 1.29 is 8.42 Å². The van der Waals surface area contributed by atoms with Crippen molar-refractivity contribution in [2.45, 2.75) is 4.90 Å². The van der Waals surface area contributed by atoms with Crippen LogP contribution in [-0.4, -0.2) is 17.6 Å². The lowest BCUT2D eigenvalue weighted by molar-refractivity contribution is 0.580. The Kier molecular flexibility index (Phi) is 2.50. The molecular formula is C9H7ClN2O2S. The summed E-state index contributed by atoms with van der Waals surface area (Å²) >= 11 is 5.61. The highest BCUT2D eigenvalue weighted by Gasteiger charge is 2.16. The molecule has 0 saturated heterocycles. The largest absolute Gasteiger partial charge is 0.282 e.